The van der Waals surface area contributed by atoms with Crippen molar-refractivity contribution >= 4 is 45.0 Å². The standard InChI is InChI=1S/C20H16BrClN2O4/c21-16-10-13(22)7-8-18(16)28-12-19(25)24-17-6-2-1-5-15(17)20(26)23-11-14-4-3-9-27-14/h1-10H,11-12H2,(H,23,26)(H,24,25). The summed E-state index contributed by atoms with van der Waals surface area (Å²) in [6.07, 6.45) is 1.54. The minimum absolute atomic E-state index is 0.220. The summed E-state index contributed by atoms with van der Waals surface area (Å²) in [6.45, 7) is 0.0321. The molecule has 0 spiro atoms. The predicted octanol–water partition coefficient (Wildman–Crippen LogP) is 4.64. The number of halogens is 2. The number of ether oxygens (including phenoxy) is 1. The molecule has 6 nitrogen and oxygen atoms in total. The lowest BCUT2D eigenvalue weighted by Gasteiger charge is -2.12. The van der Waals surface area contributed by atoms with Gasteiger partial charge in [-0.1, -0.05) is 23.7 Å². The zero-order valence-electron chi connectivity index (χ0n) is 14.6. The zero-order valence-corrected chi connectivity index (χ0v) is 16.9. The number of hydrogen-bond acceptors (Lipinski definition) is 4. The highest BCUT2D eigenvalue weighted by atomic mass is 79.9. The van der Waals surface area contributed by atoms with E-state index in [0.717, 1.165) is 0 Å². The summed E-state index contributed by atoms with van der Waals surface area (Å²) in [5.74, 6) is 0.405. The third kappa shape index (κ3) is 5.37. The SMILES string of the molecule is O=C(COc1ccc(Cl)cc1Br)Nc1ccccc1C(=O)NCc1ccco1. The molecule has 2 N–H and O–H groups in total. The fourth-order valence-corrected chi connectivity index (χ4v) is 3.18. The first kappa shape index (κ1) is 20.0. The second kappa shape index (κ2) is 9.43. The second-order valence-corrected chi connectivity index (χ2v) is 7.01. The van der Waals surface area contributed by atoms with Crippen LogP contribution in [0, 0.1) is 0 Å². The molecule has 0 unspecified atom stereocenters. The largest absolute Gasteiger partial charge is 0.483 e. The van der Waals surface area contributed by atoms with Crippen molar-refractivity contribution in [3.63, 3.8) is 0 Å². The number of hydrogen-bond donors (Lipinski definition) is 2. The van der Waals surface area contributed by atoms with Crippen LogP contribution in [0.4, 0.5) is 5.69 Å². The second-order valence-electron chi connectivity index (χ2n) is 5.72. The number of rotatable bonds is 7. The molecule has 8 heteroatoms. The maximum Gasteiger partial charge on any atom is 0.262 e. The molecule has 2 amide bonds. The van der Waals surface area contributed by atoms with Gasteiger partial charge in [0, 0.05) is 5.02 Å². The van der Waals surface area contributed by atoms with Crippen LogP contribution in [-0.2, 0) is 11.3 Å². The third-order valence-electron chi connectivity index (χ3n) is 3.70. The molecule has 0 radical (unpaired) electrons. The smallest absolute Gasteiger partial charge is 0.262 e. The van der Waals surface area contributed by atoms with Gasteiger partial charge >= 0.3 is 0 Å². The number of carbonyl (C=O) groups is 2. The molecule has 28 heavy (non-hydrogen) atoms. The number of amides is 2. The Morgan fingerprint density at radius 2 is 1.93 bits per heavy atom. The first-order chi connectivity index (χ1) is 13.5. The zero-order chi connectivity index (χ0) is 19.9. The predicted molar refractivity (Wildman–Crippen MR) is 110 cm³/mol. The van der Waals surface area contributed by atoms with Gasteiger partial charge in [0.2, 0.25) is 0 Å². The summed E-state index contributed by atoms with van der Waals surface area (Å²) in [7, 11) is 0. The first-order valence-corrected chi connectivity index (χ1v) is 9.47. The van der Waals surface area contributed by atoms with Gasteiger partial charge in [-0.15, -0.1) is 0 Å². The minimum Gasteiger partial charge on any atom is -0.483 e. The van der Waals surface area contributed by atoms with Crippen LogP contribution in [0.3, 0.4) is 0 Å². The van der Waals surface area contributed by atoms with Crippen molar-refractivity contribution in [2.24, 2.45) is 0 Å². The number of carbonyl (C=O) groups excluding carboxylic acids is 2. The van der Waals surface area contributed by atoms with Crippen LogP contribution in [0.15, 0.2) is 69.8 Å². The molecule has 0 aliphatic rings. The van der Waals surface area contributed by atoms with Gasteiger partial charge in [-0.2, -0.15) is 0 Å². The van der Waals surface area contributed by atoms with E-state index in [1.54, 1.807) is 54.6 Å². The van der Waals surface area contributed by atoms with E-state index in [1.807, 2.05) is 0 Å². The van der Waals surface area contributed by atoms with Gasteiger partial charge in [-0.3, -0.25) is 9.59 Å². The van der Waals surface area contributed by atoms with E-state index in [2.05, 4.69) is 26.6 Å². The van der Waals surface area contributed by atoms with Gasteiger partial charge in [-0.05, 0) is 58.4 Å². The Labute approximate surface area is 175 Å². The average molecular weight is 464 g/mol. The molecule has 0 aliphatic heterocycles. The van der Waals surface area contributed by atoms with Crippen molar-refractivity contribution in [2.75, 3.05) is 11.9 Å². The van der Waals surface area contributed by atoms with Crippen molar-refractivity contribution in [1.29, 1.82) is 0 Å². The van der Waals surface area contributed by atoms with Crippen LogP contribution < -0.4 is 15.4 Å². The highest BCUT2D eigenvalue weighted by Gasteiger charge is 2.14. The van der Waals surface area contributed by atoms with Crippen LogP contribution in [0.2, 0.25) is 5.02 Å². The van der Waals surface area contributed by atoms with E-state index in [1.165, 1.54) is 6.26 Å². The van der Waals surface area contributed by atoms with E-state index < -0.39 is 5.91 Å². The van der Waals surface area contributed by atoms with E-state index in [4.69, 9.17) is 20.8 Å². The normalized spacial score (nSPS) is 10.4. The van der Waals surface area contributed by atoms with Gasteiger partial charge in [0.15, 0.2) is 6.61 Å². The summed E-state index contributed by atoms with van der Waals surface area (Å²) in [5, 5.41) is 6.00. The lowest BCUT2D eigenvalue weighted by molar-refractivity contribution is -0.118. The lowest BCUT2D eigenvalue weighted by atomic mass is 10.1. The van der Waals surface area contributed by atoms with Gasteiger partial charge < -0.3 is 19.8 Å². The molecule has 3 aromatic rings. The van der Waals surface area contributed by atoms with Crippen molar-refractivity contribution in [2.45, 2.75) is 6.54 Å². The highest BCUT2D eigenvalue weighted by molar-refractivity contribution is 9.10. The fraction of sp³-hybridized carbons (Fsp3) is 0.100. The van der Waals surface area contributed by atoms with Crippen LogP contribution in [0.25, 0.3) is 0 Å². The van der Waals surface area contributed by atoms with Crippen LogP contribution in [0.1, 0.15) is 16.1 Å². The molecular weight excluding hydrogens is 448 g/mol. The summed E-state index contributed by atoms with van der Waals surface area (Å²) in [6, 6.07) is 15.2. The Balaban J connectivity index is 1.60. The Morgan fingerprint density at radius 1 is 1.11 bits per heavy atom. The van der Waals surface area contributed by atoms with Crippen molar-refractivity contribution in [3.05, 3.63) is 81.7 Å². The molecule has 0 aliphatic carbocycles. The van der Waals surface area contributed by atoms with Gasteiger partial charge in [0.05, 0.1) is 28.5 Å². The Bertz CT molecular complexity index is 976. The molecule has 0 bridgehead atoms. The van der Waals surface area contributed by atoms with E-state index in [0.29, 0.717) is 32.3 Å². The number of furan rings is 1. The topological polar surface area (TPSA) is 80.6 Å². The van der Waals surface area contributed by atoms with Crippen LogP contribution in [0.5, 0.6) is 5.75 Å². The Kier molecular flexibility index (Phi) is 6.73. The molecule has 144 valence electrons. The molecule has 0 atom stereocenters. The molecule has 0 saturated carbocycles. The lowest BCUT2D eigenvalue weighted by Crippen LogP contribution is -2.26. The highest BCUT2D eigenvalue weighted by Crippen LogP contribution is 2.28. The molecule has 2 aromatic carbocycles. The number of para-hydroxylation sites is 1. The first-order valence-electron chi connectivity index (χ1n) is 8.30. The van der Waals surface area contributed by atoms with Crippen LogP contribution >= 0.6 is 27.5 Å². The maximum absolute atomic E-state index is 12.4. The number of anilines is 1. The van der Waals surface area contributed by atoms with E-state index >= 15 is 0 Å². The molecule has 0 saturated heterocycles. The quantitative estimate of drug-likeness (QED) is 0.535. The average Bonchev–Trinajstić information content (AvgIpc) is 3.19. The molecule has 1 heterocycles. The van der Waals surface area contributed by atoms with Crippen molar-refractivity contribution in [1.82, 2.24) is 5.32 Å². The number of nitrogens with one attached hydrogen (secondary N) is 2. The third-order valence-corrected chi connectivity index (χ3v) is 4.56. The van der Waals surface area contributed by atoms with Gasteiger partial charge in [0.25, 0.3) is 11.8 Å². The summed E-state index contributed by atoms with van der Waals surface area (Å²) in [4.78, 5) is 24.7. The Morgan fingerprint density at radius 3 is 2.68 bits per heavy atom. The monoisotopic (exact) mass is 462 g/mol. The van der Waals surface area contributed by atoms with E-state index in [-0.39, 0.29) is 19.1 Å². The maximum atomic E-state index is 12.4. The molecule has 3 rings (SSSR count). The fourth-order valence-electron chi connectivity index (χ4n) is 2.39. The van der Waals surface area contributed by atoms with Gasteiger partial charge in [-0.25, -0.2) is 0 Å². The molecular formula is C20H16BrClN2O4. The number of benzene rings is 2. The molecule has 0 fully saturated rings. The summed E-state index contributed by atoms with van der Waals surface area (Å²) in [5.41, 5.74) is 0.735. The Hall–Kier alpha value is -2.77. The van der Waals surface area contributed by atoms with Gasteiger partial charge in [0.1, 0.15) is 11.5 Å². The van der Waals surface area contributed by atoms with Crippen LogP contribution in [-0.4, -0.2) is 18.4 Å². The molecule has 1 aromatic heterocycles. The van der Waals surface area contributed by atoms with Crippen molar-refractivity contribution < 1.29 is 18.7 Å². The van der Waals surface area contributed by atoms with E-state index in [9.17, 15) is 9.59 Å². The minimum atomic E-state index is -0.395. The summed E-state index contributed by atoms with van der Waals surface area (Å²) >= 11 is 9.21. The van der Waals surface area contributed by atoms with Crippen molar-refractivity contribution in [3.8, 4) is 5.75 Å². The summed E-state index contributed by atoms with van der Waals surface area (Å²) < 4.78 is 11.3.